The van der Waals surface area contributed by atoms with Crippen molar-refractivity contribution < 1.29 is 23.8 Å². The highest BCUT2D eigenvalue weighted by atomic mass is 16.5. The lowest BCUT2D eigenvalue weighted by atomic mass is 10.3. The molecule has 0 fully saturated rings. The molecule has 0 N–H and O–H groups in total. The molecule has 5 heteroatoms. The highest BCUT2D eigenvalue weighted by molar-refractivity contribution is 5.96. The van der Waals surface area contributed by atoms with Gasteiger partial charge in [-0.15, -0.1) is 0 Å². The minimum Gasteiger partial charge on any atom is -0.469 e. The molecule has 0 spiro atoms. The molecule has 0 bridgehead atoms. The average molecular weight is 218 g/mol. The predicted octanol–water partition coefficient (Wildman–Crippen LogP) is 0.560. The van der Waals surface area contributed by atoms with E-state index in [0.717, 1.165) is 0 Å². The Morgan fingerprint density at radius 2 is 1.87 bits per heavy atom. The van der Waals surface area contributed by atoms with Gasteiger partial charge in [0.1, 0.15) is 13.0 Å². The van der Waals surface area contributed by atoms with E-state index in [-0.39, 0.29) is 24.9 Å². The number of hydrogen-bond acceptors (Lipinski definition) is 5. The van der Waals surface area contributed by atoms with Crippen LogP contribution in [0.5, 0.6) is 0 Å². The summed E-state index contributed by atoms with van der Waals surface area (Å²) in [4.78, 5) is 21.7. The van der Waals surface area contributed by atoms with Crippen molar-refractivity contribution in [2.75, 3.05) is 26.9 Å². The third-order valence-electron chi connectivity index (χ3n) is 1.51. The second-order valence-corrected chi connectivity index (χ2v) is 3.26. The summed E-state index contributed by atoms with van der Waals surface area (Å²) in [5, 5.41) is 0. The molecule has 88 valence electrons. The first kappa shape index (κ1) is 14.1. The van der Waals surface area contributed by atoms with Crippen LogP contribution in [0, 0.1) is 0 Å². The van der Waals surface area contributed by atoms with Gasteiger partial charge >= 0.3 is 5.97 Å². The normalized spacial score (nSPS) is 10.4. The molecule has 0 saturated carbocycles. The molecular formula is C10H18O5. The number of carbonyl (C=O) groups is 2. The molecule has 0 rings (SSSR count). The molecule has 0 aliphatic heterocycles. The maximum atomic E-state index is 11.0. The Morgan fingerprint density at radius 3 is 2.40 bits per heavy atom. The van der Waals surface area contributed by atoms with Gasteiger partial charge in [-0.3, -0.25) is 9.59 Å². The smallest absolute Gasteiger partial charge is 0.313 e. The third kappa shape index (κ3) is 9.37. The Morgan fingerprint density at radius 1 is 1.20 bits per heavy atom. The van der Waals surface area contributed by atoms with Gasteiger partial charge in [-0.05, 0) is 13.8 Å². The Labute approximate surface area is 89.7 Å². The number of carbonyl (C=O) groups excluding carboxylic acids is 2. The van der Waals surface area contributed by atoms with Crippen molar-refractivity contribution in [3.63, 3.8) is 0 Å². The van der Waals surface area contributed by atoms with Gasteiger partial charge in [-0.1, -0.05) is 0 Å². The van der Waals surface area contributed by atoms with E-state index in [0.29, 0.717) is 13.2 Å². The zero-order chi connectivity index (χ0) is 11.7. The van der Waals surface area contributed by atoms with Crippen molar-refractivity contribution in [2.24, 2.45) is 0 Å². The van der Waals surface area contributed by atoms with Crippen molar-refractivity contribution in [2.45, 2.75) is 26.4 Å². The average Bonchev–Trinajstić information content (AvgIpc) is 2.16. The largest absolute Gasteiger partial charge is 0.469 e. The van der Waals surface area contributed by atoms with Gasteiger partial charge in [-0.25, -0.2) is 0 Å². The summed E-state index contributed by atoms with van der Waals surface area (Å²) in [6.07, 6.45) is -0.0824. The SMILES string of the molecule is COC(=O)CC(=O)COCCOC(C)C. The van der Waals surface area contributed by atoms with E-state index in [9.17, 15) is 9.59 Å². The van der Waals surface area contributed by atoms with E-state index in [1.807, 2.05) is 13.8 Å². The summed E-state index contributed by atoms with van der Waals surface area (Å²) in [6, 6.07) is 0. The second kappa shape index (κ2) is 8.38. The molecule has 0 aliphatic carbocycles. The monoisotopic (exact) mass is 218 g/mol. The van der Waals surface area contributed by atoms with E-state index in [2.05, 4.69) is 4.74 Å². The first-order chi connectivity index (χ1) is 7.06. The molecule has 0 atom stereocenters. The van der Waals surface area contributed by atoms with E-state index in [4.69, 9.17) is 9.47 Å². The summed E-state index contributed by atoms with van der Waals surface area (Å²) < 4.78 is 14.5. The molecule has 0 aromatic carbocycles. The Balaban J connectivity index is 3.35. The molecule has 0 aliphatic rings. The number of ketones is 1. The fourth-order valence-corrected chi connectivity index (χ4v) is 0.813. The van der Waals surface area contributed by atoms with Crippen LogP contribution < -0.4 is 0 Å². The lowest BCUT2D eigenvalue weighted by Crippen LogP contribution is -2.17. The van der Waals surface area contributed by atoms with Crippen LogP contribution in [-0.4, -0.2) is 44.8 Å². The number of ether oxygens (including phenoxy) is 3. The van der Waals surface area contributed by atoms with Crippen LogP contribution in [0.2, 0.25) is 0 Å². The highest BCUT2D eigenvalue weighted by Gasteiger charge is 2.09. The minimum atomic E-state index is -0.540. The van der Waals surface area contributed by atoms with Crippen molar-refractivity contribution >= 4 is 11.8 Å². The Kier molecular flexibility index (Phi) is 7.85. The first-order valence-corrected chi connectivity index (χ1v) is 4.84. The maximum Gasteiger partial charge on any atom is 0.313 e. The van der Waals surface area contributed by atoms with Crippen molar-refractivity contribution in [1.29, 1.82) is 0 Å². The summed E-state index contributed by atoms with van der Waals surface area (Å²) in [5.41, 5.74) is 0. The molecule has 0 aromatic heterocycles. The van der Waals surface area contributed by atoms with Gasteiger partial charge in [0.2, 0.25) is 0 Å². The van der Waals surface area contributed by atoms with Crippen LogP contribution in [0.25, 0.3) is 0 Å². The Bertz CT molecular complexity index is 200. The molecule has 0 aromatic rings. The lowest BCUT2D eigenvalue weighted by molar-refractivity contribution is -0.144. The standard InChI is InChI=1S/C10H18O5/c1-8(2)15-5-4-14-7-9(11)6-10(12)13-3/h8H,4-7H2,1-3H3. The van der Waals surface area contributed by atoms with Crippen molar-refractivity contribution in [3.8, 4) is 0 Å². The molecule has 0 unspecified atom stereocenters. The van der Waals surface area contributed by atoms with Crippen LogP contribution >= 0.6 is 0 Å². The van der Waals surface area contributed by atoms with E-state index in [1.165, 1.54) is 7.11 Å². The van der Waals surface area contributed by atoms with E-state index < -0.39 is 5.97 Å². The zero-order valence-electron chi connectivity index (χ0n) is 9.45. The number of methoxy groups -OCH3 is 1. The maximum absolute atomic E-state index is 11.0. The molecule has 0 heterocycles. The van der Waals surface area contributed by atoms with Crippen LogP contribution in [-0.2, 0) is 23.8 Å². The fourth-order valence-electron chi connectivity index (χ4n) is 0.813. The van der Waals surface area contributed by atoms with Gasteiger partial charge in [-0.2, -0.15) is 0 Å². The van der Waals surface area contributed by atoms with Crippen LogP contribution in [0.4, 0.5) is 0 Å². The van der Waals surface area contributed by atoms with Gasteiger partial charge in [0.05, 0.1) is 26.4 Å². The zero-order valence-corrected chi connectivity index (χ0v) is 9.45. The van der Waals surface area contributed by atoms with E-state index >= 15 is 0 Å². The molecular weight excluding hydrogens is 200 g/mol. The van der Waals surface area contributed by atoms with Crippen LogP contribution in [0.1, 0.15) is 20.3 Å². The van der Waals surface area contributed by atoms with Gasteiger partial charge < -0.3 is 14.2 Å². The fraction of sp³-hybridized carbons (Fsp3) is 0.800. The van der Waals surface area contributed by atoms with E-state index in [1.54, 1.807) is 0 Å². The van der Waals surface area contributed by atoms with Crippen molar-refractivity contribution in [3.05, 3.63) is 0 Å². The molecule has 5 nitrogen and oxygen atoms in total. The number of Topliss-reactive ketones (excluding diaryl/α,β-unsaturated/α-hetero) is 1. The topological polar surface area (TPSA) is 61.8 Å². The third-order valence-corrected chi connectivity index (χ3v) is 1.51. The predicted molar refractivity (Wildman–Crippen MR) is 53.5 cm³/mol. The second-order valence-electron chi connectivity index (χ2n) is 3.26. The molecule has 0 saturated heterocycles. The minimum absolute atomic E-state index is 0.0729. The number of hydrogen-bond donors (Lipinski definition) is 0. The van der Waals surface area contributed by atoms with Gasteiger partial charge in [0.15, 0.2) is 5.78 Å². The summed E-state index contributed by atoms with van der Waals surface area (Å²) in [5.74, 6) is -0.826. The lowest BCUT2D eigenvalue weighted by Gasteiger charge is -2.07. The number of esters is 1. The van der Waals surface area contributed by atoms with Crippen LogP contribution in [0.15, 0.2) is 0 Å². The molecule has 0 radical (unpaired) electrons. The highest BCUT2D eigenvalue weighted by Crippen LogP contribution is 1.90. The first-order valence-electron chi connectivity index (χ1n) is 4.84. The quantitative estimate of drug-likeness (QED) is 0.338. The van der Waals surface area contributed by atoms with Crippen LogP contribution in [0.3, 0.4) is 0 Å². The van der Waals surface area contributed by atoms with Crippen molar-refractivity contribution in [1.82, 2.24) is 0 Å². The Hall–Kier alpha value is -0.940. The number of rotatable bonds is 8. The molecule has 0 amide bonds. The van der Waals surface area contributed by atoms with Gasteiger partial charge in [0, 0.05) is 0 Å². The summed E-state index contributed by atoms with van der Waals surface area (Å²) in [6.45, 7) is 4.57. The molecule has 15 heavy (non-hydrogen) atoms. The summed E-state index contributed by atoms with van der Waals surface area (Å²) >= 11 is 0. The summed E-state index contributed by atoms with van der Waals surface area (Å²) in [7, 11) is 1.24. The van der Waals surface area contributed by atoms with Gasteiger partial charge in [0.25, 0.3) is 0 Å².